The first-order valence-corrected chi connectivity index (χ1v) is 12.6. The van der Waals surface area contributed by atoms with Crippen LogP contribution in [0.15, 0.2) is 77.4 Å². The molecule has 0 amide bonds. The number of benzene rings is 3. The Bertz CT molecular complexity index is 1390. The van der Waals surface area contributed by atoms with Crippen molar-refractivity contribution in [3.8, 4) is 22.6 Å². The van der Waals surface area contributed by atoms with Crippen molar-refractivity contribution in [3.63, 3.8) is 0 Å². The van der Waals surface area contributed by atoms with Crippen molar-refractivity contribution >= 4 is 16.8 Å². The van der Waals surface area contributed by atoms with E-state index in [0.29, 0.717) is 23.5 Å². The zero-order chi connectivity index (χ0) is 25.1. The van der Waals surface area contributed by atoms with E-state index in [9.17, 15) is 4.79 Å². The number of furan rings is 1. The Labute approximate surface area is 211 Å². The molecule has 0 aliphatic carbocycles. The fourth-order valence-corrected chi connectivity index (χ4v) is 4.57. The molecule has 2 heterocycles. The number of allylic oxidation sites excluding steroid dienone is 1. The molecule has 0 bridgehead atoms. The van der Waals surface area contributed by atoms with E-state index in [1.807, 2.05) is 67.6 Å². The van der Waals surface area contributed by atoms with Crippen LogP contribution in [0.25, 0.3) is 22.1 Å². The predicted molar refractivity (Wildman–Crippen MR) is 143 cm³/mol. The number of hydrogen-bond acceptors (Lipinski definition) is 5. The van der Waals surface area contributed by atoms with E-state index in [-0.39, 0.29) is 5.78 Å². The van der Waals surface area contributed by atoms with Gasteiger partial charge in [-0.15, -0.1) is 0 Å². The first kappa shape index (κ1) is 23.9. The normalized spacial score (nSPS) is 12.6. The Hall–Kier alpha value is -3.83. The number of ketones is 1. The second kappa shape index (κ2) is 10.4. The molecule has 0 spiro atoms. The molecular weight excluding hydrogens is 450 g/mol. The molecule has 0 radical (unpaired) electrons. The van der Waals surface area contributed by atoms with Crippen LogP contribution in [-0.4, -0.2) is 36.9 Å². The fraction of sp³-hybridized carbons (Fsp3) is 0.258. The van der Waals surface area contributed by atoms with E-state index in [4.69, 9.17) is 13.9 Å². The van der Waals surface area contributed by atoms with Gasteiger partial charge in [-0.05, 0) is 61.8 Å². The molecule has 0 atom stereocenters. The molecular formula is C31H31NO4. The van der Waals surface area contributed by atoms with Crippen molar-refractivity contribution in [3.05, 3.63) is 95.5 Å². The summed E-state index contributed by atoms with van der Waals surface area (Å²) in [5.74, 6) is 1.76. The molecule has 1 aliphatic heterocycles. The first-order chi connectivity index (χ1) is 17.6. The number of ether oxygens (including phenoxy) is 2. The van der Waals surface area contributed by atoms with Gasteiger partial charge < -0.3 is 18.8 Å². The van der Waals surface area contributed by atoms with Crippen LogP contribution in [0, 0.1) is 6.92 Å². The minimum Gasteiger partial charge on any atom is -0.492 e. The summed E-state index contributed by atoms with van der Waals surface area (Å²) in [6.45, 7) is 9.85. The summed E-state index contributed by atoms with van der Waals surface area (Å²) in [7, 11) is 0. The summed E-state index contributed by atoms with van der Waals surface area (Å²) in [4.78, 5) is 15.9. The van der Waals surface area contributed by atoms with Crippen LogP contribution in [0.5, 0.6) is 11.5 Å². The van der Waals surface area contributed by atoms with Gasteiger partial charge in [-0.25, -0.2) is 0 Å². The van der Waals surface area contributed by atoms with Gasteiger partial charge in [0.25, 0.3) is 0 Å². The number of hydrogen-bond donors (Lipinski definition) is 0. The van der Waals surface area contributed by atoms with Gasteiger partial charge in [-0.2, -0.15) is 0 Å². The molecule has 0 saturated carbocycles. The van der Waals surface area contributed by atoms with Gasteiger partial charge in [0.05, 0.1) is 6.26 Å². The van der Waals surface area contributed by atoms with Crippen molar-refractivity contribution in [2.45, 2.75) is 27.2 Å². The van der Waals surface area contributed by atoms with Gasteiger partial charge in [0, 0.05) is 29.1 Å². The maximum absolute atomic E-state index is 13.6. The minimum absolute atomic E-state index is 0.141. The molecule has 184 valence electrons. The van der Waals surface area contributed by atoms with Crippen molar-refractivity contribution < 1.29 is 18.7 Å². The summed E-state index contributed by atoms with van der Waals surface area (Å²) in [6.07, 6.45) is 4.45. The maximum Gasteiger partial charge on any atom is 0.228 e. The lowest BCUT2D eigenvalue weighted by atomic mass is 9.96. The molecule has 1 aromatic heterocycles. The third kappa shape index (κ3) is 4.79. The summed E-state index contributed by atoms with van der Waals surface area (Å²) in [5, 5.41) is 0.901. The Balaban J connectivity index is 1.52. The Morgan fingerprint density at radius 1 is 1.00 bits per heavy atom. The SMILES string of the molecule is CCN(CC)CCOc1ccc(-c2c(C(=O)c3ccc(C)cc3)oc3cc4c(cc23)CC=CO4)cc1. The predicted octanol–water partition coefficient (Wildman–Crippen LogP) is 6.81. The highest BCUT2D eigenvalue weighted by atomic mass is 16.5. The number of likely N-dealkylation sites (N-methyl/N-ethyl adjacent to an activating group) is 1. The molecule has 5 nitrogen and oxygen atoms in total. The summed E-state index contributed by atoms with van der Waals surface area (Å²) in [6, 6.07) is 19.5. The van der Waals surface area contributed by atoms with Crippen LogP contribution in [-0.2, 0) is 6.42 Å². The molecule has 5 rings (SSSR count). The van der Waals surface area contributed by atoms with E-state index in [1.165, 1.54) is 0 Å². The molecule has 0 saturated heterocycles. The third-order valence-corrected chi connectivity index (χ3v) is 6.73. The minimum atomic E-state index is -0.141. The van der Waals surface area contributed by atoms with Crippen molar-refractivity contribution in [2.75, 3.05) is 26.2 Å². The molecule has 36 heavy (non-hydrogen) atoms. The summed E-state index contributed by atoms with van der Waals surface area (Å²) in [5.41, 5.74) is 5.10. The van der Waals surface area contributed by atoms with E-state index in [2.05, 4.69) is 24.8 Å². The van der Waals surface area contributed by atoms with Gasteiger partial charge >= 0.3 is 0 Å². The lowest BCUT2D eigenvalue weighted by Crippen LogP contribution is -2.27. The summed E-state index contributed by atoms with van der Waals surface area (Å²) >= 11 is 0. The van der Waals surface area contributed by atoms with Gasteiger partial charge in [0.1, 0.15) is 23.7 Å². The highest BCUT2D eigenvalue weighted by Gasteiger charge is 2.25. The highest BCUT2D eigenvalue weighted by molar-refractivity contribution is 6.15. The number of aryl methyl sites for hydroxylation is 1. The Morgan fingerprint density at radius 2 is 1.75 bits per heavy atom. The lowest BCUT2D eigenvalue weighted by molar-refractivity contribution is 0.101. The molecule has 0 N–H and O–H groups in total. The highest BCUT2D eigenvalue weighted by Crippen LogP contribution is 2.40. The molecule has 0 unspecified atom stereocenters. The number of rotatable bonds is 9. The van der Waals surface area contributed by atoms with E-state index in [1.54, 1.807) is 6.26 Å². The van der Waals surface area contributed by atoms with Gasteiger partial charge in [0.15, 0.2) is 5.76 Å². The van der Waals surface area contributed by atoms with Crippen LogP contribution in [0.1, 0.15) is 41.1 Å². The number of nitrogens with zero attached hydrogens (tertiary/aromatic N) is 1. The maximum atomic E-state index is 13.6. The molecule has 3 aromatic carbocycles. The van der Waals surface area contributed by atoms with Crippen LogP contribution in [0.2, 0.25) is 0 Å². The zero-order valence-corrected chi connectivity index (χ0v) is 21.0. The monoisotopic (exact) mass is 481 g/mol. The summed E-state index contributed by atoms with van der Waals surface area (Å²) < 4.78 is 17.9. The largest absolute Gasteiger partial charge is 0.492 e. The second-order valence-electron chi connectivity index (χ2n) is 9.05. The fourth-order valence-electron chi connectivity index (χ4n) is 4.57. The number of fused-ring (bicyclic) bond motifs is 2. The topological polar surface area (TPSA) is 51.9 Å². The van der Waals surface area contributed by atoms with Crippen molar-refractivity contribution in [1.82, 2.24) is 4.90 Å². The first-order valence-electron chi connectivity index (χ1n) is 12.6. The average Bonchev–Trinajstić information content (AvgIpc) is 3.28. The van der Waals surface area contributed by atoms with Crippen LogP contribution in [0.4, 0.5) is 0 Å². The van der Waals surface area contributed by atoms with Crippen molar-refractivity contribution in [1.29, 1.82) is 0 Å². The zero-order valence-electron chi connectivity index (χ0n) is 21.0. The van der Waals surface area contributed by atoms with Crippen LogP contribution < -0.4 is 9.47 Å². The van der Waals surface area contributed by atoms with E-state index >= 15 is 0 Å². The van der Waals surface area contributed by atoms with Gasteiger partial charge in [-0.1, -0.05) is 55.8 Å². The number of carbonyl (C=O) groups excluding carboxylic acids is 1. The average molecular weight is 482 g/mol. The molecule has 4 aromatic rings. The van der Waals surface area contributed by atoms with Crippen LogP contribution >= 0.6 is 0 Å². The van der Waals surface area contributed by atoms with E-state index < -0.39 is 0 Å². The van der Waals surface area contributed by atoms with Gasteiger partial charge in [-0.3, -0.25) is 4.79 Å². The molecule has 0 fully saturated rings. The van der Waals surface area contributed by atoms with Gasteiger partial charge in [0.2, 0.25) is 5.78 Å². The second-order valence-corrected chi connectivity index (χ2v) is 9.05. The Kier molecular flexibility index (Phi) is 6.92. The molecule has 1 aliphatic rings. The standard InChI is InChI=1S/C31H31NO4/c1-4-32(5-2)16-18-34-25-14-12-22(13-15-25)29-26-19-24-7-6-17-35-27(24)20-28(26)36-31(29)30(33)23-10-8-21(3)9-11-23/h6,8-15,17,19-20H,4-5,7,16,18H2,1-3H3. The molecule has 5 heteroatoms. The Morgan fingerprint density at radius 3 is 2.47 bits per heavy atom. The van der Waals surface area contributed by atoms with Crippen LogP contribution in [0.3, 0.4) is 0 Å². The van der Waals surface area contributed by atoms with Crippen molar-refractivity contribution in [2.24, 2.45) is 0 Å². The smallest absolute Gasteiger partial charge is 0.228 e. The number of carbonyl (C=O) groups is 1. The lowest BCUT2D eigenvalue weighted by Gasteiger charge is -2.18. The van der Waals surface area contributed by atoms with E-state index in [0.717, 1.165) is 65.2 Å². The third-order valence-electron chi connectivity index (χ3n) is 6.73. The quantitative estimate of drug-likeness (QED) is 0.246.